The number of ether oxygens (including phenoxy) is 1. The monoisotopic (exact) mass is 380 g/mol. The number of fused-ring (bicyclic) bond motifs is 1. The molecule has 1 saturated heterocycles. The Labute approximate surface area is 167 Å². The third-order valence-corrected chi connectivity index (χ3v) is 6.48. The van der Waals surface area contributed by atoms with E-state index in [0.29, 0.717) is 6.04 Å². The van der Waals surface area contributed by atoms with Crippen LogP contribution >= 0.6 is 0 Å². The summed E-state index contributed by atoms with van der Waals surface area (Å²) in [4.78, 5) is 5.98. The fraction of sp³-hybridized carbons (Fsp3) is 0.500. The van der Waals surface area contributed by atoms with Crippen LogP contribution in [0.3, 0.4) is 0 Å². The molecule has 0 bridgehead atoms. The Kier molecular flexibility index (Phi) is 5.88. The fourth-order valence-electron chi connectivity index (χ4n) is 4.97. The molecule has 150 valence electrons. The van der Waals surface area contributed by atoms with Gasteiger partial charge in [-0.3, -0.25) is 4.90 Å². The number of nitrogens with one attached hydrogen (secondary N) is 1. The number of piperidine rings is 1. The van der Waals surface area contributed by atoms with Gasteiger partial charge in [0.05, 0.1) is 13.2 Å². The van der Waals surface area contributed by atoms with Crippen LogP contribution < -0.4 is 4.74 Å². The van der Waals surface area contributed by atoms with Crippen molar-refractivity contribution < 1.29 is 9.84 Å². The molecule has 4 nitrogen and oxygen atoms in total. The van der Waals surface area contributed by atoms with E-state index in [4.69, 9.17) is 4.74 Å². The lowest BCUT2D eigenvalue weighted by Crippen LogP contribution is -2.52. The molecule has 0 spiro atoms. The number of benzene rings is 1. The van der Waals surface area contributed by atoms with Gasteiger partial charge in [0.15, 0.2) is 0 Å². The number of nitrogens with zero attached hydrogens (tertiary/aromatic N) is 1. The molecule has 1 aromatic carbocycles. The third kappa shape index (κ3) is 3.89. The number of hydrogen-bond donors (Lipinski definition) is 2. The van der Waals surface area contributed by atoms with Gasteiger partial charge in [-0.05, 0) is 55.4 Å². The van der Waals surface area contributed by atoms with Gasteiger partial charge in [-0.1, -0.05) is 25.2 Å². The van der Waals surface area contributed by atoms with Crippen LogP contribution in [0.1, 0.15) is 38.2 Å². The smallest absolute Gasteiger partial charge is 0.120 e. The van der Waals surface area contributed by atoms with Gasteiger partial charge in [0.1, 0.15) is 5.75 Å². The average Bonchev–Trinajstić information content (AvgIpc) is 3.13. The van der Waals surface area contributed by atoms with Gasteiger partial charge >= 0.3 is 0 Å². The van der Waals surface area contributed by atoms with E-state index in [1.807, 2.05) is 12.1 Å². The van der Waals surface area contributed by atoms with Gasteiger partial charge < -0.3 is 14.8 Å². The number of H-pyrrole nitrogens is 1. The van der Waals surface area contributed by atoms with E-state index in [0.717, 1.165) is 56.5 Å². The molecule has 28 heavy (non-hydrogen) atoms. The van der Waals surface area contributed by atoms with Crippen LogP contribution in [0.15, 0.2) is 48.2 Å². The maximum absolute atomic E-state index is 10.9. The predicted octanol–water partition coefficient (Wildman–Crippen LogP) is 4.46. The summed E-state index contributed by atoms with van der Waals surface area (Å²) in [7, 11) is 1.70. The molecule has 1 aliphatic carbocycles. The highest BCUT2D eigenvalue weighted by Gasteiger charge is 2.36. The van der Waals surface area contributed by atoms with Crippen molar-refractivity contribution in [2.75, 3.05) is 20.2 Å². The predicted molar refractivity (Wildman–Crippen MR) is 115 cm³/mol. The summed E-state index contributed by atoms with van der Waals surface area (Å²) in [5.41, 5.74) is 3.82. The second-order valence-electron chi connectivity index (χ2n) is 8.15. The number of aliphatic hydroxyl groups excluding tert-OH is 1. The number of aliphatic hydroxyl groups is 1. The van der Waals surface area contributed by atoms with Gasteiger partial charge in [0.25, 0.3) is 0 Å². The van der Waals surface area contributed by atoms with Crippen molar-refractivity contribution in [3.05, 3.63) is 53.8 Å². The lowest BCUT2D eigenvalue weighted by Gasteiger charge is -2.44. The first kappa shape index (κ1) is 19.3. The minimum atomic E-state index is -0.236. The summed E-state index contributed by atoms with van der Waals surface area (Å²) < 4.78 is 5.34. The number of methoxy groups -OCH3 is 1. The van der Waals surface area contributed by atoms with Crippen LogP contribution in [0.4, 0.5) is 0 Å². The molecule has 3 unspecified atom stereocenters. The van der Waals surface area contributed by atoms with E-state index in [2.05, 4.69) is 47.3 Å². The van der Waals surface area contributed by atoms with E-state index >= 15 is 0 Å². The van der Waals surface area contributed by atoms with Gasteiger partial charge in [-0.25, -0.2) is 0 Å². The maximum Gasteiger partial charge on any atom is 0.120 e. The number of aromatic nitrogens is 1. The minimum absolute atomic E-state index is 0.236. The number of rotatable bonds is 6. The molecule has 4 rings (SSSR count). The van der Waals surface area contributed by atoms with Crippen molar-refractivity contribution in [3.63, 3.8) is 0 Å². The Morgan fingerprint density at radius 3 is 2.93 bits per heavy atom. The van der Waals surface area contributed by atoms with Gasteiger partial charge in [0.2, 0.25) is 0 Å². The molecule has 2 aliphatic rings. The van der Waals surface area contributed by atoms with Crippen molar-refractivity contribution in [2.24, 2.45) is 5.92 Å². The minimum Gasteiger partial charge on any atom is -0.497 e. The van der Waals surface area contributed by atoms with E-state index < -0.39 is 0 Å². The van der Waals surface area contributed by atoms with Crippen LogP contribution in [0.2, 0.25) is 0 Å². The van der Waals surface area contributed by atoms with E-state index in [9.17, 15) is 5.11 Å². The highest BCUT2D eigenvalue weighted by Crippen LogP contribution is 2.33. The van der Waals surface area contributed by atoms with Crippen molar-refractivity contribution >= 4 is 10.9 Å². The molecule has 0 saturated carbocycles. The molecule has 1 aliphatic heterocycles. The molecule has 2 aromatic rings. The summed E-state index contributed by atoms with van der Waals surface area (Å²) in [5, 5.41) is 12.1. The highest BCUT2D eigenvalue weighted by molar-refractivity contribution is 5.84. The first-order valence-corrected chi connectivity index (χ1v) is 10.6. The Morgan fingerprint density at radius 2 is 2.18 bits per heavy atom. The molecule has 1 aromatic heterocycles. The second kappa shape index (κ2) is 8.54. The number of hydrogen-bond acceptors (Lipinski definition) is 3. The quantitative estimate of drug-likeness (QED) is 0.778. The van der Waals surface area contributed by atoms with E-state index in [1.54, 1.807) is 7.11 Å². The molecule has 3 atom stereocenters. The Bertz CT molecular complexity index is 867. The van der Waals surface area contributed by atoms with Crippen molar-refractivity contribution in [1.29, 1.82) is 0 Å². The normalized spacial score (nSPS) is 25.8. The standard InChI is InChI=1S/C24H32N2O2/c1-3-23-21(13-18-15-25-22-14-19(28-2)9-10-20(18)22)24(27)11-12-26(23)16-17-7-5-4-6-8-17/h5,7-10,14-15,21,23-25,27H,3-4,6,11-13,16H2,1-2H3. The van der Waals surface area contributed by atoms with Crippen LogP contribution in [-0.4, -0.2) is 47.3 Å². The second-order valence-corrected chi connectivity index (χ2v) is 8.15. The van der Waals surface area contributed by atoms with Crippen LogP contribution in [0.5, 0.6) is 5.75 Å². The zero-order valence-electron chi connectivity index (χ0n) is 17.0. The lowest BCUT2D eigenvalue weighted by atomic mass is 9.80. The zero-order valence-corrected chi connectivity index (χ0v) is 17.0. The summed E-state index contributed by atoms with van der Waals surface area (Å²) in [5.74, 6) is 1.12. The van der Waals surface area contributed by atoms with Crippen LogP contribution in [-0.2, 0) is 6.42 Å². The third-order valence-electron chi connectivity index (χ3n) is 6.48. The highest BCUT2D eigenvalue weighted by atomic mass is 16.5. The number of allylic oxidation sites excluding steroid dienone is 2. The van der Waals surface area contributed by atoms with Gasteiger partial charge in [-0.2, -0.15) is 0 Å². The molecule has 0 amide bonds. The molecule has 4 heteroatoms. The van der Waals surface area contributed by atoms with E-state index in [1.165, 1.54) is 16.5 Å². The molecular formula is C24H32N2O2. The van der Waals surface area contributed by atoms with Crippen molar-refractivity contribution in [3.8, 4) is 5.75 Å². The summed E-state index contributed by atoms with van der Waals surface area (Å²) in [6.45, 7) is 4.24. The number of likely N-dealkylation sites (tertiary alicyclic amines) is 1. The van der Waals surface area contributed by atoms with Gasteiger partial charge in [-0.15, -0.1) is 0 Å². The largest absolute Gasteiger partial charge is 0.497 e. The molecule has 2 N–H and O–H groups in total. The summed E-state index contributed by atoms with van der Waals surface area (Å²) in [6, 6.07) is 6.60. The molecule has 1 fully saturated rings. The zero-order chi connectivity index (χ0) is 19.5. The molecule has 0 radical (unpaired) electrons. The van der Waals surface area contributed by atoms with Crippen molar-refractivity contribution in [1.82, 2.24) is 9.88 Å². The first-order valence-electron chi connectivity index (χ1n) is 10.6. The maximum atomic E-state index is 10.9. The SMILES string of the molecule is CCC1C(Cc2c[nH]c3cc(OC)ccc23)C(O)CCN1CC1=CCCC=C1. The fourth-order valence-corrected chi connectivity index (χ4v) is 4.97. The topological polar surface area (TPSA) is 48.5 Å². The molecule has 2 heterocycles. The first-order chi connectivity index (χ1) is 13.7. The van der Waals surface area contributed by atoms with E-state index in [-0.39, 0.29) is 12.0 Å². The Hall–Kier alpha value is -2.04. The van der Waals surface area contributed by atoms with Crippen LogP contribution in [0, 0.1) is 5.92 Å². The average molecular weight is 381 g/mol. The Balaban J connectivity index is 1.54. The van der Waals surface area contributed by atoms with Crippen LogP contribution in [0.25, 0.3) is 10.9 Å². The Morgan fingerprint density at radius 1 is 1.29 bits per heavy atom. The summed E-state index contributed by atoms with van der Waals surface area (Å²) >= 11 is 0. The van der Waals surface area contributed by atoms with Crippen molar-refractivity contribution in [2.45, 2.75) is 51.2 Å². The molecular weight excluding hydrogens is 348 g/mol. The summed E-state index contributed by atoms with van der Waals surface area (Å²) in [6.07, 6.45) is 13.9. The lowest BCUT2D eigenvalue weighted by molar-refractivity contribution is -0.0135. The van der Waals surface area contributed by atoms with Gasteiger partial charge in [0, 0.05) is 48.2 Å². The number of aromatic amines is 1.